The van der Waals surface area contributed by atoms with Gasteiger partial charge in [-0.05, 0) is 56.3 Å². The van der Waals surface area contributed by atoms with Crippen LogP contribution >= 0.6 is 9.24 Å². The fourth-order valence-electron chi connectivity index (χ4n) is 4.39. The van der Waals surface area contributed by atoms with Crippen LogP contribution in [0.2, 0.25) is 0 Å². The zero-order valence-corrected chi connectivity index (χ0v) is 21.7. The third kappa shape index (κ3) is 4.68. The van der Waals surface area contributed by atoms with Crippen LogP contribution in [0.5, 0.6) is 0 Å². The molecule has 0 radical (unpaired) electrons. The van der Waals surface area contributed by atoms with E-state index in [0.29, 0.717) is 24.5 Å². The fourth-order valence-corrected chi connectivity index (χ4v) is 4.85. The number of rotatable bonds is 4. The molecule has 1 unspecified atom stereocenters. The van der Waals surface area contributed by atoms with Gasteiger partial charge in [0.15, 0.2) is 5.65 Å². The van der Waals surface area contributed by atoms with Crippen molar-refractivity contribution in [2.75, 3.05) is 36.5 Å². The maximum Gasteiger partial charge on any atom is 0.256 e. The number of carbonyl (C=O) groups excluding carboxylic acids is 1. The van der Waals surface area contributed by atoms with E-state index in [0.717, 1.165) is 46.4 Å². The first-order chi connectivity index (χ1) is 16.7. The number of aromatic nitrogens is 4. The number of amides is 1. The van der Waals surface area contributed by atoms with Crippen LogP contribution in [0.15, 0.2) is 49.2 Å². The van der Waals surface area contributed by atoms with Gasteiger partial charge in [-0.2, -0.15) is 5.10 Å². The molecule has 1 aromatic carbocycles. The van der Waals surface area contributed by atoms with Gasteiger partial charge in [-0.15, -0.1) is 9.24 Å². The highest BCUT2D eigenvalue weighted by Crippen LogP contribution is 2.31. The van der Waals surface area contributed by atoms with E-state index < -0.39 is 0 Å². The standard InChI is InChI=1S/C26H31N6O2P/c1-17-11-23(35)21(25(33)29-19-14-28-32(16-19)26(2,3)4)13-20(17)18-12-22(30-7-9-34-10-8-30)24-27-5-6-31(24)15-18/h5-6,11-16H,7-10,35H2,1-4H3,(H,29,33). The predicted molar refractivity (Wildman–Crippen MR) is 143 cm³/mol. The largest absolute Gasteiger partial charge is 0.378 e. The Morgan fingerprint density at radius 3 is 2.63 bits per heavy atom. The van der Waals surface area contributed by atoms with Gasteiger partial charge in [0.25, 0.3) is 5.91 Å². The molecule has 1 saturated heterocycles. The summed E-state index contributed by atoms with van der Waals surface area (Å²) in [6.45, 7) is 11.3. The van der Waals surface area contributed by atoms with E-state index in [4.69, 9.17) is 4.74 Å². The van der Waals surface area contributed by atoms with Gasteiger partial charge in [0.2, 0.25) is 0 Å². The number of hydrogen-bond donors (Lipinski definition) is 1. The molecule has 1 fully saturated rings. The zero-order valence-electron chi connectivity index (χ0n) is 20.6. The number of pyridine rings is 1. The highest BCUT2D eigenvalue weighted by molar-refractivity contribution is 7.27. The van der Waals surface area contributed by atoms with Crippen molar-refractivity contribution in [3.8, 4) is 11.1 Å². The van der Waals surface area contributed by atoms with E-state index in [1.54, 1.807) is 6.20 Å². The van der Waals surface area contributed by atoms with Crippen LogP contribution < -0.4 is 15.5 Å². The number of aryl methyl sites for hydroxylation is 1. The lowest BCUT2D eigenvalue weighted by Gasteiger charge is -2.29. The van der Waals surface area contributed by atoms with Gasteiger partial charge >= 0.3 is 0 Å². The molecule has 0 bridgehead atoms. The van der Waals surface area contributed by atoms with E-state index >= 15 is 0 Å². The molecule has 0 spiro atoms. The SMILES string of the molecule is Cc1cc(P)c(C(=O)Nc2cnn(C(C)(C)C)c2)cc1-c1cc(N2CCOCC2)c2nccn2c1. The molecule has 1 amide bonds. The zero-order chi connectivity index (χ0) is 24.7. The van der Waals surface area contributed by atoms with E-state index in [1.807, 2.05) is 35.4 Å². The summed E-state index contributed by atoms with van der Waals surface area (Å²) in [5, 5.41) is 8.24. The lowest BCUT2D eigenvalue weighted by atomic mass is 9.98. The number of anilines is 2. The van der Waals surface area contributed by atoms with Gasteiger partial charge in [-0.25, -0.2) is 4.98 Å². The summed E-state index contributed by atoms with van der Waals surface area (Å²) in [6.07, 6.45) is 9.40. The first-order valence-corrected chi connectivity index (χ1v) is 12.3. The molecule has 8 nitrogen and oxygen atoms in total. The molecular formula is C26H31N6O2P. The molecule has 1 atom stereocenters. The summed E-state index contributed by atoms with van der Waals surface area (Å²) in [5.41, 5.74) is 6.26. The number of fused-ring (bicyclic) bond motifs is 1. The van der Waals surface area contributed by atoms with E-state index in [2.05, 4.69) is 73.9 Å². The smallest absolute Gasteiger partial charge is 0.256 e. The van der Waals surface area contributed by atoms with Gasteiger partial charge in [0, 0.05) is 49.0 Å². The molecule has 35 heavy (non-hydrogen) atoms. The molecule has 4 aromatic rings. The second-order valence-corrected chi connectivity index (χ2v) is 10.5. The Labute approximate surface area is 207 Å². The van der Waals surface area contributed by atoms with Crippen LogP contribution in [0.25, 0.3) is 16.8 Å². The van der Waals surface area contributed by atoms with Crippen LogP contribution in [-0.2, 0) is 10.3 Å². The maximum absolute atomic E-state index is 13.3. The summed E-state index contributed by atoms with van der Waals surface area (Å²) in [5.74, 6) is -0.165. The molecule has 3 aromatic heterocycles. The third-order valence-electron chi connectivity index (χ3n) is 6.30. The Bertz CT molecular complexity index is 1390. The van der Waals surface area contributed by atoms with Crippen molar-refractivity contribution in [3.05, 3.63) is 60.3 Å². The number of nitrogens with one attached hydrogen (secondary N) is 1. The minimum atomic E-state index is -0.165. The first-order valence-electron chi connectivity index (χ1n) is 11.8. The van der Waals surface area contributed by atoms with Crippen molar-refractivity contribution in [2.45, 2.75) is 33.2 Å². The Morgan fingerprint density at radius 1 is 1.14 bits per heavy atom. The molecule has 1 aliphatic rings. The van der Waals surface area contributed by atoms with Gasteiger partial charge in [0.1, 0.15) is 0 Å². The number of ether oxygens (including phenoxy) is 1. The fraction of sp³-hybridized carbons (Fsp3) is 0.346. The molecule has 0 aliphatic carbocycles. The van der Waals surface area contributed by atoms with Gasteiger partial charge in [-0.1, -0.05) is 6.07 Å². The highest BCUT2D eigenvalue weighted by Gasteiger charge is 2.20. The van der Waals surface area contributed by atoms with Crippen molar-refractivity contribution in [1.82, 2.24) is 19.2 Å². The van der Waals surface area contributed by atoms with E-state index in [-0.39, 0.29) is 11.4 Å². The highest BCUT2D eigenvalue weighted by atomic mass is 31.0. The number of morpholine rings is 1. The maximum atomic E-state index is 13.3. The average molecular weight is 491 g/mol. The topological polar surface area (TPSA) is 76.7 Å². The van der Waals surface area contributed by atoms with Crippen LogP contribution in [-0.4, -0.2) is 51.4 Å². The molecule has 4 heterocycles. The van der Waals surface area contributed by atoms with E-state index in [1.165, 1.54) is 0 Å². The van der Waals surface area contributed by atoms with Crippen molar-refractivity contribution in [3.63, 3.8) is 0 Å². The van der Waals surface area contributed by atoms with Gasteiger partial charge in [-0.3, -0.25) is 9.48 Å². The van der Waals surface area contributed by atoms with Crippen molar-refractivity contribution in [1.29, 1.82) is 0 Å². The summed E-state index contributed by atoms with van der Waals surface area (Å²) in [4.78, 5) is 20.2. The summed E-state index contributed by atoms with van der Waals surface area (Å²) in [7, 11) is 2.70. The van der Waals surface area contributed by atoms with Gasteiger partial charge < -0.3 is 19.4 Å². The molecule has 5 rings (SSSR count). The molecule has 182 valence electrons. The normalized spacial score (nSPS) is 14.5. The van der Waals surface area contributed by atoms with Crippen molar-refractivity contribution in [2.24, 2.45) is 0 Å². The van der Waals surface area contributed by atoms with Crippen molar-refractivity contribution < 1.29 is 9.53 Å². The first kappa shape index (κ1) is 23.5. The monoisotopic (exact) mass is 490 g/mol. The third-order valence-corrected chi connectivity index (χ3v) is 6.78. The number of imidazole rings is 1. The summed E-state index contributed by atoms with van der Waals surface area (Å²) >= 11 is 0. The average Bonchev–Trinajstić information content (AvgIpc) is 3.48. The number of carbonyl (C=O) groups is 1. The van der Waals surface area contributed by atoms with Crippen molar-refractivity contribution >= 4 is 37.5 Å². The molecule has 1 aliphatic heterocycles. The minimum absolute atomic E-state index is 0.157. The van der Waals surface area contributed by atoms with E-state index in [9.17, 15) is 4.79 Å². The minimum Gasteiger partial charge on any atom is -0.378 e. The Hall–Kier alpha value is -3.22. The number of hydrogen-bond acceptors (Lipinski definition) is 5. The Kier molecular flexibility index (Phi) is 6.11. The number of benzene rings is 1. The van der Waals surface area contributed by atoms with Crippen LogP contribution in [0.1, 0.15) is 36.7 Å². The summed E-state index contributed by atoms with van der Waals surface area (Å²) in [6, 6.07) is 6.19. The Balaban J connectivity index is 1.52. The molecule has 9 heteroatoms. The predicted octanol–water partition coefficient (Wildman–Crippen LogP) is 3.85. The van der Waals surface area contributed by atoms with Crippen LogP contribution in [0.4, 0.5) is 11.4 Å². The number of nitrogens with zero attached hydrogens (tertiary/aromatic N) is 5. The summed E-state index contributed by atoms with van der Waals surface area (Å²) < 4.78 is 9.45. The molecule has 1 N–H and O–H groups in total. The van der Waals surface area contributed by atoms with Crippen LogP contribution in [0.3, 0.4) is 0 Å². The lowest BCUT2D eigenvalue weighted by Crippen LogP contribution is -2.36. The molecular weight excluding hydrogens is 459 g/mol. The quantitative estimate of drug-likeness (QED) is 0.440. The second-order valence-electron chi connectivity index (χ2n) is 9.92. The van der Waals surface area contributed by atoms with Gasteiger partial charge in [0.05, 0.1) is 36.3 Å². The molecule has 0 saturated carbocycles. The van der Waals surface area contributed by atoms with Crippen LogP contribution in [0, 0.1) is 6.92 Å². The Morgan fingerprint density at radius 2 is 1.91 bits per heavy atom. The lowest BCUT2D eigenvalue weighted by molar-refractivity contribution is 0.102. The second kappa shape index (κ2) is 9.10.